The van der Waals surface area contributed by atoms with Crippen molar-refractivity contribution in [1.29, 1.82) is 0 Å². The molecule has 0 aromatic carbocycles. The minimum absolute atomic E-state index is 0.274. The first-order valence-electron chi connectivity index (χ1n) is 4.84. The smallest absolute Gasteiger partial charge is 0.389 e. The number of aliphatic carboxylic acids is 1. The van der Waals surface area contributed by atoms with Gasteiger partial charge in [0.25, 0.3) is 0 Å². The summed E-state index contributed by atoms with van der Waals surface area (Å²) in [5.74, 6) is -1.96. The molecular formula is C10H9N3O4. The van der Waals surface area contributed by atoms with Crippen molar-refractivity contribution >= 4 is 17.3 Å². The lowest BCUT2D eigenvalue weighted by atomic mass is 10.0. The zero-order chi connectivity index (χ0) is 12.6. The van der Waals surface area contributed by atoms with Gasteiger partial charge in [0.2, 0.25) is 6.33 Å². The zero-order valence-electron chi connectivity index (χ0n) is 8.90. The Kier molecular flexibility index (Phi) is 2.51. The molecular weight excluding hydrogens is 226 g/mol. The van der Waals surface area contributed by atoms with Crippen molar-refractivity contribution in [3.8, 4) is 0 Å². The number of nitrogens with zero attached hydrogens (tertiary/aromatic N) is 3. The third-order valence-corrected chi connectivity index (χ3v) is 2.59. The Morgan fingerprint density at radius 2 is 2.35 bits per heavy atom. The van der Waals surface area contributed by atoms with E-state index < -0.39 is 16.8 Å². The molecule has 1 unspecified atom stereocenters. The van der Waals surface area contributed by atoms with Crippen LogP contribution >= 0.6 is 0 Å². The molecule has 2 rings (SSSR count). The zero-order valence-corrected chi connectivity index (χ0v) is 8.90. The molecule has 7 nitrogen and oxygen atoms in total. The predicted octanol–water partition coefficient (Wildman–Crippen LogP) is 1.43. The second-order valence-corrected chi connectivity index (χ2v) is 3.64. The summed E-state index contributed by atoms with van der Waals surface area (Å²) in [6, 6.07) is 3.08. The molecule has 7 heteroatoms. The molecule has 0 saturated heterocycles. The number of rotatable bonds is 3. The van der Waals surface area contributed by atoms with E-state index in [-0.39, 0.29) is 5.82 Å². The topological polar surface area (TPSA) is 97.7 Å². The van der Waals surface area contributed by atoms with Gasteiger partial charge in [-0.3, -0.25) is 9.20 Å². The van der Waals surface area contributed by atoms with Gasteiger partial charge in [0.15, 0.2) is 0 Å². The standard InChI is InChI=1S/C10H9N3O4/c1-6(10(14)15)7-2-3-12-5-11-9(13(16)17)8(12)4-7/h2-6H,1H3,(H,14,15). The number of carboxylic acid groups (broad SMARTS) is 1. The van der Waals surface area contributed by atoms with Crippen LogP contribution in [0.2, 0.25) is 0 Å². The summed E-state index contributed by atoms with van der Waals surface area (Å²) in [6.45, 7) is 1.52. The molecule has 0 aliphatic carbocycles. The first-order valence-corrected chi connectivity index (χ1v) is 4.84. The quantitative estimate of drug-likeness (QED) is 0.641. The van der Waals surface area contributed by atoms with Crippen LogP contribution in [-0.4, -0.2) is 25.4 Å². The number of pyridine rings is 1. The highest BCUT2D eigenvalue weighted by molar-refractivity contribution is 5.76. The van der Waals surface area contributed by atoms with Crippen molar-refractivity contribution in [3.05, 3.63) is 40.3 Å². The van der Waals surface area contributed by atoms with Crippen LogP contribution in [0.4, 0.5) is 5.82 Å². The number of carbonyl (C=O) groups is 1. The van der Waals surface area contributed by atoms with Gasteiger partial charge in [-0.2, -0.15) is 0 Å². The number of hydrogen-bond acceptors (Lipinski definition) is 4. The average molecular weight is 235 g/mol. The highest BCUT2D eigenvalue weighted by Gasteiger charge is 2.19. The molecule has 17 heavy (non-hydrogen) atoms. The summed E-state index contributed by atoms with van der Waals surface area (Å²) >= 11 is 0. The lowest BCUT2D eigenvalue weighted by molar-refractivity contribution is -0.387. The van der Waals surface area contributed by atoms with Gasteiger partial charge in [0.1, 0.15) is 5.52 Å². The largest absolute Gasteiger partial charge is 0.481 e. The Bertz CT molecular complexity index is 605. The molecule has 2 heterocycles. The van der Waals surface area contributed by atoms with Crippen LogP contribution in [0, 0.1) is 10.1 Å². The molecule has 2 aromatic heterocycles. The highest BCUT2D eigenvalue weighted by atomic mass is 16.6. The fourth-order valence-corrected chi connectivity index (χ4v) is 1.54. The van der Waals surface area contributed by atoms with Gasteiger partial charge in [-0.05, 0) is 34.5 Å². The maximum atomic E-state index is 10.8. The Morgan fingerprint density at radius 1 is 1.65 bits per heavy atom. The number of aromatic nitrogens is 2. The molecule has 0 amide bonds. The van der Waals surface area contributed by atoms with Crippen LogP contribution in [0.5, 0.6) is 0 Å². The molecule has 1 N–H and O–H groups in total. The summed E-state index contributed by atoms with van der Waals surface area (Å²) in [4.78, 5) is 24.6. The molecule has 0 radical (unpaired) electrons. The number of imidazole rings is 1. The first kappa shape index (κ1) is 11.1. The Hall–Kier alpha value is -2.44. The van der Waals surface area contributed by atoms with E-state index in [1.165, 1.54) is 23.7 Å². The van der Waals surface area contributed by atoms with Crippen molar-refractivity contribution < 1.29 is 14.8 Å². The minimum atomic E-state index is -0.975. The Labute approximate surface area is 95.5 Å². The van der Waals surface area contributed by atoms with E-state index in [1.54, 1.807) is 12.3 Å². The predicted molar refractivity (Wildman–Crippen MR) is 57.9 cm³/mol. The number of carboxylic acids is 1. The van der Waals surface area contributed by atoms with Crippen molar-refractivity contribution in [3.63, 3.8) is 0 Å². The third-order valence-electron chi connectivity index (χ3n) is 2.59. The molecule has 2 aromatic rings. The summed E-state index contributed by atoms with van der Waals surface area (Å²) in [6.07, 6.45) is 2.88. The van der Waals surface area contributed by atoms with E-state index in [0.717, 1.165) is 0 Å². The van der Waals surface area contributed by atoms with Crippen molar-refractivity contribution in [1.82, 2.24) is 9.38 Å². The maximum absolute atomic E-state index is 10.8. The van der Waals surface area contributed by atoms with Gasteiger partial charge < -0.3 is 15.2 Å². The normalized spacial score (nSPS) is 12.5. The van der Waals surface area contributed by atoms with Gasteiger partial charge >= 0.3 is 11.8 Å². The summed E-state index contributed by atoms with van der Waals surface area (Å²) in [5.41, 5.74) is 0.800. The van der Waals surface area contributed by atoms with Crippen LogP contribution in [0.1, 0.15) is 18.4 Å². The number of fused-ring (bicyclic) bond motifs is 1. The minimum Gasteiger partial charge on any atom is -0.481 e. The molecule has 0 fully saturated rings. The van der Waals surface area contributed by atoms with Gasteiger partial charge in [0, 0.05) is 6.20 Å². The third kappa shape index (κ3) is 1.82. The van der Waals surface area contributed by atoms with E-state index in [1.807, 2.05) is 0 Å². The van der Waals surface area contributed by atoms with E-state index in [4.69, 9.17) is 5.11 Å². The van der Waals surface area contributed by atoms with Crippen LogP contribution < -0.4 is 0 Å². The van der Waals surface area contributed by atoms with Gasteiger partial charge in [-0.1, -0.05) is 0 Å². The van der Waals surface area contributed by atoms with Crippen LogP contribution in [0.25, 0.3) is 5.52 Å². The molecule has 0 spiro atoms. The van der Waals surface area contributed by atoms with Crippen molar-refractivity contribution in [2.24, 2.45) is 0 Å². The molecule has 0 aliphatic rings. The number of nitro groups is 1. The molecule has 88 valence electrons. The van der Waals surface area contributed by atoms with E-state index >= 15 is 0 Å². The second-order valence-electron chi connectivity index (χ2n) is 3.64. The van der Waals surface area contributed by atoms with E-state index in [9.17, 15) is 14.9 Å². The first-order chi connectivity index (χ1) is 8.00. The summed E-state index contributed by atoms with van der Waals surface area (Å²) < 4.78 is 1.48. The molecule has 0 aliphatic heterocycles. The van der Waals surface area contributed by atoms with Gasteiger partial charge in [0.05, 0.1) is 5.92 Å². The van der Waals surface area contributed by atoms with E-state index in [0.29, 0.717) is 11.1 Å². The molecule has 1 atom stereocenters. The monoisotopic (exact) mass is 235 g/mol. The lowest BCUT2D eigenvalue weighted by Gasteiger charge is -2.06. The van der Waals surface area contributed by atoms with E-state index in [2.05, 4.69) is 4.98 Å². The Balaban J connectivity index is 2.59. The highest BCUT2D eigenvalue weighted by Crippen LogP contribution is 2.22. The second kappa shape index (κ2) is 3.85. The van der Waals surface area contributed by atoms with Crippen LogP contribution in [-0.2, 0) is 4.79 Å². The SMILES string of the molecule is CC(C(=O)O)c1ccn2cnc([N+](=O)[O-])c2c1. The fraction of sp³-hybridized carbons (Fsp3) is 0.200. The number of hydrogen-bond donors (Lipinski definition) is 1. The summed E-state index contributed by atoms with van der Waals surface area (Å²) in [7, 11) is 0. The van der Waals surface area contributed by atoms with Gasteiger partial charge in [-0.25, -0.2) is 0 Å². The van der Waals surface area contributed by atoms with Gasteiger partial charge in [-0.15, -0.1) is 0 Å². The molecule has 0 bridgehead atoms. The average Bonchev–Trinajstić information content (AvgIpc) is 2.70. The fourth-order valence-electron chi connectivity index (χ4n) is 1.54. The Morgan fingerprint density at radius 3 is 2.94 bits per heavy atom. The van der Waals surface area contributed by atoms with Crippen molar-refractivity contribution in [2.75, 3.05) is 0 Å². The van der Waals surface area contributed by atoms with Crippen molar-refractivity contribution in [2.45, 2.75) is 12.8 Å². The van der Waals surface area contributed by atoms with Crippen LogP contribution in [0.3, 0.4) is 0 Å². The van der Waals surface area contributed by atoms with Crippen LogP contribution in [0.15, 0.2) is 24.7 Å². The summed E-state index contributed by atoms with van der Waals surface area (Å²) in [5, 5.41) is 19.6. The maximum Gasteiger partial charge on any atom is 0.389 e. The molecule has 0 saturated carbocycles. The lowest BCUT2D eigenvalue weighted by Crippen LogP contribution is -2.07.